The number of halogens is 1. The minimum Gasteiger partial charge on any atom is -0.489 e. The van der Waals surface area contributed by atoms with E-state index in [4.69, 9.17) is 9.84 Å². The number of ether oxygens (including phenoxy) is 1. The fourth-order valence-electron chi connectivity index (χ4n) is 2.52. The van der Waals surface area contributed by atoms with Crippen LogP contribution < -0.4 is 10.1 Å². The van der Waals surface area contributed by atoms with Crippen LogP contribution in [0.25, 0.3) is 6.08 Å². The molecule has 3 rings (SSSR count). The maximum Gasteiger partial charge on any atom is 0.328 e. The first-order valence-corrected chi connectivity index (χ1v) is 8.79. The fraction of sp³-hybridized carbons (Fsp3) is 0.0435. The van der Waals surface area contributed by atoms with Crippen molar-refractivity contribution < 1.29 is 23.8 Å². The Morgan fingerprint density at radius 1 is 1.00 bits per heavy atom. The molecular formula is C23H18FNO4. The summed E-state index contributed by atoms with van der Waals surface area (Å²) in [4.78, 5) is 23.0. The van der Waals surface area contributed by atoms with Crippen molar-refractivity contribution >= 4 is 23.6 Å². The molecule has 3 aromatic carbocycles. The largest absolute Gasteiger partial charge is 0.489 e. The van der Waals surface area contributed by atoms with Crippen molar-refractivity contribution in [2.45, 2.75) is 6.61 Å². The number of carboxylic acids is 1. The predicted octanol–water partition coefficient (Wildman–Crippen LogP) is 4.75. The molecule has 0 aliphatic heterocycles. The highest BCUT2D eigenvalue weighted by Gasteiger charge is 2.08. The Labute approximate surface area is 167 Å². The molecule has 146 valence electrons. The molecule has 0 spiro atoms. The third kappa shape index (κ3) is 6.04. The first-order chi connectivity index (χ1) is 14.0. The van der Waals surface area contributed by atoms with E-state index in [-0.39, 0.29) is 18.3 Å². The summed E-state index contributed by atoms with van der Waals surface area (Å²) in [5.41, 5.74) is 2.54. The number of carbonyl (C=O) groups excluding carboxylic acids is 1. The molecule has 3 aromatic rings. The standard InChI is InChI=1S/C23H18FNO4/c24-19-9-4-17(5-10-19)15-29-21-3-1-2-18(14-21)23(28)25-20-11-6-16(7-12-20)8-13-22(26)27/h1-14H,15H2,(H,25,28)(H,26,27)/b13-8+. The molecule has 0 fully saturated rings. The van der Waals surface area contributed by atoms with Gasteiger partial charge in [0.25, 0.3) is 5.91 Å². The maximum absolute atomic E-state index is 13.0. The van der Waals surface area contributed by atoms with Crippen LogP contribution in [0.5, 0.6) is 5.75 Å². The van der Waals surface area contributed by atoms with Gasteiger partial charge in [-0.15, -0.1) is 0 Å². The monoisotopic (exact) mass is 391 g/mol. The SMILES string of the molecule is O=C(O)/C=C/c1ccc(NC(=O)c2cccc(OCc3ccc(F)cc3)c2)cc1. The molecule has 0 atom stereocenters. The third-order valence-electron chi connectivity index (χ3n) is 4.00. The van der Waals surface area contributed by atoms with Gasteiger partial charge in [-0.1, -0.05) is 30.3 Å². The van der Waals surface area contributed by atoms with E-state index in [1.54, 1.807) is 60.7 Å². The van der Waals surface area contributed by atoms with Crippen LogP contribution >= 0.6 is 0 Å². The summed E-state index contributed by atoms with van der Waals surface area (Å²) in [5.74, 6) is -1.11. The van der Waals surface area contributed by atoms with Crippen LogP contribution in [0.3, 0.4) is 0 Å². The van der Waals surface area contributed by atoms with Crippen LogP contribution in [-0.4, -0.2) is 17.0 Å². The van der Waals surface area contributed by atoms with E-state index >= 15 is 0 Å². The van der Waals surface area contributed by atoms with Gasteiger partial charge >= 0.3 is 5.97 Å². The third-order valence-corrected chi connectivity index (χ3v) is 4.00. The minimum absolute atomic E-state index is 0.261. The lowest BCUT2D eigenvalue weighted by molar-refractivity contribution is -0.131. The summed E-state index contributed by atoms with van der Waals surface area (Å²) in [6, 6.07) is 19.6. The summed E-state index contributed by atoms with van der Waals surface area (Å²) in [7, 11) is 0. The summed E-state index contributed by atoms with van der Waals surface area (Å²) in [5, 5.41) is 11.4. The molecule has 0 saturated heterocycles. The van der Waals surface area contributed by atoms with Crippen LogP contribution in [0, 0.1) is 5.82 Å². The van der Waals surface area contributed by atoms with Crippen LogP contribution in [0.2, 0.25) is 0 Å². The number of aliphatic carboxylic acids is 1. The molecule has 1 amide bonds. The van der Waals surface area contributed by atoms with E-state index in [0.717, 1.165) is 11.6 Å². The number of amides is 1. The van der Waals surface area contributed by atoms with Crippen molar-refractivity contribution in [1.29, 1.82) is 0 Å². The van der Waals surface area contributed by atoms with Gasteiger partial charge in [0.05, 0.1) is 0 Å². The van der Waals surface area contributed by atoms with E-state index in [1.165, 1.54) is 18.2 Å². The Kier molecular flexibility index (Phi) is 6.37. The molecule has 0 saturated carbocycles. The number of nitrogens with one attached hydrogen (secondary N) is 1. The molecule has 0 bridgehead atoms. The van der Waals surface area contributed by atoms with Crippen molar-refractivity contribution in [3.63, 3.8) is 0 Å². The normalized spacial score (nSPS) is 10.7. The summed E-state index contributed by atoms with van der Waals surface area (Å²) < 4.78 is 18.6. The molecule has 6 heteroatoms. The molecule has 0 aromatic heterocycles. The molecular weight excluding hydrogens is 373 g/mol. The zero-order valence-corrected chi connectivity index (χ0v) is 15.3. The Morgan fingerprint density at radius 2 is 1.72 bits per heavy atom. The van der Waals surface area contributed by atoms with E-state index < -0.39 is 5.97 Å². The minimum atomic E-state index is -1.02. The molecule has 2 N–H and O–H groups in total. The lowest BCUT2D eigenvalue weighted by atomic mass is 10.1. The molecule has 0 radical (unpaired) electrons. The number of hydrogen-bond acceptors (Lipinski definition) is 3. The molecule has 0 aliphatic rings. The van der Waals surface area contributed by atoms with Crippen molar-refractivity contribution in [2.24, 2.45) is 0 Å². The quantitative estimate of drug-likeness (QED) is 0.570. The van der Waals surface area contributed by atoms with Gasteiger partial charge in [0.2, 0.25) is 0 Å². The van der Waals surface area contributed by atoms with Gasteiger partial charge in [-0.3, -0.25) is 4.79 Å². The molecule has 0 unspecified atom stereocenters. The number of rotatable bonds is 7. The Balaban J connectivity index is 1.61. The highest BCUT2D eigenvalue weighted by molar-refractivity contribution is 6.04. The maximum atomic E-state index is 13.0. The lowest BCUT2D eigenvalue weighted by Crippen LogP contribution is -2.12. The van der Waals surface area contributed by atoms with Crippen molar-refractivity contribution in [3.8, 4) is 5.75 Å². The van der Waals surface area contributed by atoms with Crippen molar-refractivity contribution in [2.75, 3.05) is 5.32 Å². The van der Waals surface area contributed by atoms with Gasteiger partial charge < -0.3 is 15.2 Å². The second-order valence-electron chi connectivity index (χ2n) is 6.19. The molecule has 0 aliphatic carbocycles. The lowest BCUT2D eigenvalue weighted by Gasteiger charge is -2.09. The topological polar surface area (TPSA) is 75.6 Å². The van der Waals surface area contributed by atoms with Crippen molar-refractivity contribution in [1.82, 2.24) is 0 Å². The fourth-order valence-corrected chi connectivity index (χ4v) is 2.52. The Hall–Kier alpha value is -3.93. The number of carboxylic acid groups (broad SMARTS) is 1. The van der Waals surface area contributed by atoms with Gasteiger partial charge in [-0.05, 0) is 59.7 Å². The molecule has 29 heavy (non-hydrogen) atoms. The zero-order chi connectivity index (χ0) is 20.6. The number of anilines is 1. The van der Waals surface area contributed by atoms with Crippen LogP contribution in [0.1, 0.15) is 21.5 Å². The smallest absolute Gasteiger partial charge is 0.328 e. The zero-order valence-electron chi connectivity index (χ0n) is 15.3. The van der Waals surface area contributed by atoms with Gasteiger partial charge in [0.1, 0.15) is 18.2 Å². The number of hydrogen-bond donors (Lipinski definition) is 2. The molecule has 5 nitrogen and oxygen atoms in total. The van der Waals surface area contributed by atoms with Crippen LogP contribution in [0.4, 0.5) is 10.1 Å². The van der Waals surface area contributed by atoms with Gasteiger partial charge in [-0.2, -0.15) is 0 Å². The Bertz CT molecular complexity index is 1030. The highest BCUT2D eigenvalue weighted by Crippen LogP contribution is 2.18. The summed E-state index contributed by atoms with van der Waals surface area (Å²) in [6.45, 7) is 0.261. The first-order valence-electron chi connectivity index (χ1n) is 8.79. The predicted molar refractivity (Wildman–Crippen MR) is 108 cm³/mol. The summed E-state index contributed by atoms with van der Waals surface area (Å²) >= 11 is 0. The van der Waals surface area contributed by atoms with E-state index in [0.29, 0.717) is 22.6 Å². The van der Waals surface area contributed by atoms with Gasteiger partial charge in [0.15, 0.2) is 0 Å². The van der Waals surface area contributed by atoms with E-state index in [9.17, 15) is 14.0 Å². The first kappa shape index (κ1) is 19.8. The van der Waals surface area contributed by atoms with Gasteiger partial charge in [0, 0.05) is 17.3 Å². The van der Waals surface area contributed by atoms with Gasteiger partial charge in [-0.25, -0.2) is 9.18 Å². The highest BCUT2D eigenvalue weighted by atomic mass is 19.1. The molecule has 0 heterocycles. The second-order valence-corrected chi connectivity index (χ2v) is 6.19. The van der Waals surface area contributed by atoms with E-state index in [2.05, 4.69) is 5.32 Å². The Morgan fingerprint density at radius 3 is 2.41 bits per heavy atom. The average Bonchev–Trinajstić information content (AvgIpc) is 2.73. The van der Waals surface area contributed by atoms with Crippen LogP contribution in [0.15, 0.2) is 78.9 Å². The summed E-state index contributed by atoms with van der Waals surface area (Å²) in [6.07, 6.45) is 2.51. The second kappa shape index (κ2) is 9.32. The van der Waals surface area contributed by atoms with E-state index in [1.807, 2.05) is 0 Å². The number of benzene rings is 3. The average molecular weight is 391 g/mol. The van der Waals surface area contributed by atoms with Crippen molar-refractivity contribution in [3.05, 3.63) is 101 Å². The number of carbonyl (C=O) groups is 2. The van der Waals surface area contributed by atoms with Crippen LogP contribution in [-0.2, 0) is 11.4 Å².